The topological polar surface area (TPSA) is 120 Å². The Balaban J connectivity index is 2.62. The Hall–Kier alpha value is -2.15. The van der Waals surface area contributed by atoms with E-state index in [0.29, 0.717) is 0 Å². The van der Waals surface area contributed by atoms with E-state index in [-0.39, 0.29) is 18.1 Å². The number of furan rings is 1. The molecule has 1 aromatic rings. The Labute approximate surface area is 90.3 Å². The lowest BCUT2D eigenvalue weighted by Crippen LogP contribution is -2.20. The molecule has 7 heteroatoms. The van der Waals surface area contributed by atoms with Gasteiger partial charge in [-0.05, 0) is 12.1 Å². The van der Waals surface area contributed by atoms with Gasteiger partial charge in [0.2, 0.25) is 0 Å². The summed E-state index contributed by atoms with van der Waals surface area (Å²) in [5.41, 5.74) is 5.45. The van der Waals surface area contributed by atoms with Crippen molar-refractivity contribution < 1.29 is 19.2 Å². The van der Waals surface area contributed by atoms with Crippen molar-refractivity contribution in [2.24, 2.45) is 5.73 Å². The fraction of sp³-hybridized carbons (Fsp3) is 0.222. The molecule has 1 atom stereocenters. The van der Waals surface area contributed by atoms with Gasteiger partial charge in [0.15, 0.2) is 0 Å². The lowest BCUT2D eigenvalue weighted by Gasteiger charge is -1.99. The number of carboxylic acids is 1. The van der Waals surface area contributed by atoms with Gasteiger partial charge in [-0.2, -0.15) is 0 Å². The molecule has 1 unspecified atom stereocenters. The first-order chi connectivity index (χ1) is 7.49. The fourth-order valence-corrected chi connectivity index (χ4v) is 1.02. The summed E-state index contributed by atoms with van der Waals surface area (Å²) in [7, 11) is 0. The Morgan fingerprint density at radius 2 is 2.38 bits per heavy atom. The first kappa shape index (κ1) is 11.9. The van der Waals surface area contributed by atoms with Gasteiger partial charge in [0.1, 0.15) is 10.7 Å². The molecule has 0 aliphatic heterocycles. The van der Waals surface area contributed by atoms with Crippen molar-refractivity contribution in [2.45, 2.75) is 12.5 Å². The zero-order chi connectivity index (χ0) is 12.1. The third kappa shape index (κ3) is 3.54. The van der Waals surface area contributed by atoms with E-state index >= 15 is 0 Å². The van der Waals surface area contributed by atoms with E-state index in [1.165, 1.54) is 24.3 Å². The molecule has 1 rings (SSSR count). The molecule has 1 heterocycles. The molecule has 86 valence electrons. The lowest BCUT2D eigenvalue weighted by molar-refractivity contribution is -0.402. The Kier molecular flexibility index (Phi) is 3.78. The summed E-state index contributed by atoms with van der Waals surface area (Å²) in [6.07, 6.45) is 2.61. The van der Waals surface area contributed by atoms with Gasteiger partial charge in [-0.1, -0.05) is 6.08 Å². The summed E-state index contributed by atoms with van der Waals surface area (Å²) in [4.78, 5) is 19.9. The molecule has 0 aromatic carbocycles. The fourth-order valence-electron chi connectivity index (χ4n) is 1.02. The van der Waals surface area contributed by atoms with Crippen LogP contribution in [0.25, 0.3) is 6.08 Å². The number of carboxylic acid groups (broad SMARTS) is 1. The Morgan fingerprint density at radius 1 is 1.69 bits per heavy atom. The summed E-state index contributed by atoms with van der Waals surface area (Å²) in [6, 6.07) is 1.96. The molecular formula is C9H10N2O5. The van der Waals surface area contributed by atoms with Crippen LogP contribution in [-0.4, -0.2) is 22.0 Å². The maximum atomic E-state index is 10.3. The minimum atomic E-state index is -1.01. The van der Waals surface area contributed by atoms with Crippen molar-refractivity contribution in [3.63, 3.8) is 0 Å². The van der Waals surface area contributed by atoms with Crippen LogP contribution >= 0.6 is 0 Å². The molecule has 0 bridgehead atoms. The molecule has 0 saturated heterocycles. The van der Waals surface area contributed by atoms with Crippen molar-refractivity contribution in [1.29, 1.82) is 0 Å². The van der Waals surface area contributed by atoms with Crippen LogP contribution in [0.15, 0.2) is 22.6 Å². The van der Waals surface area contributed by atoms with Gasteiger partial charge in [0.25, 0.3) is 0 Å². The highest BCUT2D eigenvalue weighted by Gasteiger charge is 2.10. The van der Waals surface area contributed by atoms with E-state index in [1.807, 2.05) is 0 Å². The summed E-state index contributed by atoms with van der Waals surface area (Å²) >= 11 is 0. The average Bonchev–Trinajstić information content (AvgIpc) is 2.61. The highest BCUT2D eigenvalue weighted by atomic mass is 16.6. The third-order valence-corrected chi connectivity index (χ3v) is 1.71. The molecule has 0 spiro atoms. The van der Waals surface area contributed by atoms with Crippen LogP contribution in [0, 0.1) is 10.1 Å². The van der Waals surface area contributed by atoms with Crippen LogP contribution in [0.3, 0.4) is 0 Å². The predicted octanol–water partition coefficient (Wildman–Crippen LogP) is 1.00. The molecule has 0 fully saturated rings. The maximum absolute atomic E-state index is 10.3. The summed E-state index contributed by atoms with van der Waals surface area (Å²) in [6.45, 7) is 0. The first-order valence-corrected chi connectivity index (χ1v) is 4.39. The van der Waals surface area contributed by atoms with Crippen LogP contribution in [0.4, 0.5) is 5.88 Å². The number of hydrogen-bond donors (Lipinski definition) is 2. The second-order valence-electron chi connectivity index (χ2n) is 3.05. The number of nitrogens with two attached hydrogens (primary N) is 1. The van der Waals surface area contributed by atoms with Crippen LogP contribution in [0.1, 0.15) is 12.2 Å². The third-order valence-electron chi connectivity index (χ3n) is 1.71. The van der Waals surface area contributed by atoms with E-state index < -0.39 is 16.9 Å². The number of aliphatic carboxylic acids is 1. The quantitative estimate of drug-likeness (QED) is 0.570. The molecular weight excluding hydrogens is 216 g/mol. The van der Waals surface area contributed by atoms with E-state index in [1.54, 1.807) is 0 Å². The predicted molar refractivity (Wildman–Crippen MR) is 54.6 cm³/mol. The number of rotatable bonds is 5. The Morgan fingerprint density at radius 3 is 2.88 bits per heavy atom. The van der Waals surface area contributed by atoms with Crippen molar-refractivity contribution in [1.82, 2.24) is 0 Å². The minimum absolute atomic E-state index is 0.209. The standard InChI is InChI=1S/C9H10N2O5/c10-6(5-9(12)13)1-2-7-3-4-8(16-7)11(14)15/h1-4,6H,5,10H2,(H,12,13)/b2-1+. The van der Waals surface area contributed by atoms with Crippen LogP contribution < -0.4 is 5.73 Å². The monoisotopic (exact) mass is 226 g/mol. The highest BCUT2D eigenvalue weighted by molar-refractivity contribution is 5.68. The van der Waals surface area contributed by atoms with Gasteiger partial charge in [0, 0.05) is 6.04 Å². The first-order valence-electron chi connectivity index (χ1n) is 4.39. The van der Waals surface area contributed by atoms with E-state index in [2.05, 4.69) is 0 Å². The number of hydrogen-bond acceptors (Lipinski definition) is 5. The zero-order valence-corrected chi connectivity index (χ0v) is 8.20. The van der Waals surface area contributed by atoms with Crippen LogP contribution in [0.5, 0.6) is 0 Å². The smallest absolute Gasteiger partial charge is 0.433 e. The van der Waals surface area contributed by atoms with Crippen molar-refractivity contribution in [3.05, 3.63) is 34.1 Å². The summed E-state index contributed by atoms with van der Waals surface area (Å²) in [5.74, 6) is -1.12. The number of carbonyl (C=O) groups is 1. The van der Waals surface area contributed by atoms with Gasteiger partial charge < -0.3 is 15.3 Å². The maximum Gasteiger partial charge on any atom is 0.433 e. The lowest BCUT2D eigenvalue weighted by atomic mass is 10.2. The van der Waals surface area contributed by atoms with Crippen molar-refractivity contribution in [3.8, 4) is 0 Å². The zero-order valence-electron chi connectivity index (χ0n) is 8.20. The van der Waals surface area contributed by atoms with Crippen molar-refractivity contribution in [2.75, 3.05) is 0 Å². The highest BCUT2D eigenvalue weighted by Crippen LogP contribution is 2.16. The molecule has 3 N–H and O–H groups in total. The second kappa shape index (κ2) is 5.08. The molecule has 0 aliphatic rings. The van der Waals surface area contributed by atoms with Crippen LogP contribution in [-0.2, 0) is 4.79 Å². The van der Waals surface area contributed by atoms with Gasteiger partial charge >= 0.3 is 11.9 Å². The molecule has 0 amide bonds. The molecule has 0 aliphatic carbocycles. The van der Waals surface area contributed by atoms with E-state index in [0.717, 1.165) is 0 Å². The molecule has 0 radical (unpaired) electrons. The van der Waals surface area contributed by atoms with E-state index in [4.69, 9.17) is 15.3 Å². The molecule has 1 aromatic heterocycles. The van der Waals surface area contributed by atoms with Crippen molar-refractivity contribution >= 4 is 17.9 Å². The van der Waals surface area contributed by atoms with Crippen LogP contribution in [0.2, 0.25) is 0 Å². The van der Waals surface area contributed by atoms with Gasteiger partial charge in [0.05, 0.1) is 12.5 Å². The Bertz CT molecular complexity index is 423. The molecule has 16 heavy (non-hydrogen) atoms. The van der Waals surface area contributed by atoms with Gasteiger partial charge in [-0.3, -0.25) is 14.9 Å². The summed E-state index contributed by atoms with van der Waals surface area (Å²) in [5, 5.41) is 18.7. The SMILES string of the molecule is NC(/C=C/c1ccc([N+](=O)[O-])o1)CC(=O)O. The average molecular weight is 226 g/mol. The number of nitrogens with zero attached hydrogens (tertiary/aromatic N) is 1. The second-order valence-corrected chi connectivity index (χ2v) is 3.05. The molecule has 7 nitrogen and oxygen atoms in total. The molecule has 0 saturated carbocycles. The van der Waals surface area contributed by atoms with E-state index in [9.17, 15) is 14.9 Å². The number of nitro groups is 1. The minimum Gasteiger partial charge on any atom is -0.481 e. The largest absolute Gasteiger partial charge is 0.481 e. The van der Waals surface area contributed by atoms with Gasteiger partial charge in [-0.15, -0.1) is 0 Å². The normalized spacial score (nSPS) is 12.8. The van der Waals surface area contributed by atoms with Gasteiger partial charge in [-0.25, -0.2) is 0 Å². The summed E-state index contributed by atoms with van der Waals surface area (Å²) < 4.78 is 4.81.